The highest BCUT2D eigenvalue weighted by molar-refractivity contribution is 6.04. The number of nitrogens with zero attached hydrogens (tertiary/aromatic N) is 3. The summed E-state index contributed by atoms with van der Waals surface area (Å²) in [6, 6.07) is 3.98. The largest absolute Gasteiger partial charge is 0.379 e. The van der Waals surface area contributed by atoms with Crippen LogP contribution in [0.1, 0.15) is 10.5 Å². The van der Waals surface area contributed by atoms with Crippen molar-refractivity contribution in [1.29, 1.82) is 0 Å². The molecule has 0 bridgehead atoms. The Morgan fingerprint density at radius 2 is 2.25 bits per heavy atom. The van der Waals surface area contributed by atoms with Gasteiger partial charge in [-0.3, -0.25) is 4.79 Å². The van der Waals surface area contributed by atoms with Gasteiger partial charge in [-0.15, -0.1) is 0 Å². The molecule has 2 rings (SSSR count). The lowest BCUT2D eigenvalue weighted by molar-refractivity contribution is 0.101. The molecule has 82 valence electrons. The van der Waals surface area contributed by atoms with E-state index in [2.05, 4.69) is 25.2 Å². The van der Waals surface area contributed by atoms with Gasteiger partial charge in [0.15, 0.2) is 0 Å². The van der Waals surface area contributed by atoms with Crippen molar-refractivity contribution in [3.8, 4) is 0 Å². The Morgan fingerprint density at radius 3 is 2.88 bits per heavy atom. The van der Waals surface area contributed by atoms with Crippen molar-refractivity contribution >= 4 is 17.5 Å². The molecule has 0 aliphatic carbocycles. The number of hydrogen-bond donors (Lipinski definition) is 2. The van der Waals surface area contributed by atoms with Gasteiger partial charge >= 0.3 is 0 Å². The van der Waals surface area contributed by atoms with Crippen LogP contribution in [0, 0.1) is 5.95 Å². The summed E-state index contributed by atoms with van der Waals surface area (Å²) in [4.78, 5) is 14.9. The van der Waals surface area contributed by atoms with Crippen molar-refractivity contribution in [3.63, 3.8) is 0 Å². The van der Waals surface area contributed by atoms with Crippen LogP contribution in [0.2, 0.25) is 0 Å². The van der Waals surface area contributed by atoms with Gasteiger partial charge in [0, 0.05) is 0 Å². The molecule has 3 N–H and O–H groups in total. The lowest BCUT2D eigenvalue weighted by Crippen LogP contribution is -2.15. The Morgan fingerprint density at radius 1 is 1.44 bits per heavy atom. The Kier molecular flexibility index (Phi) is 2.46. The van der Waals surface area contributed by atoms with Gasteiger partial charge in [-0.05, 0) is 22.4 Å². The second kappa shape index (κ2) is 3.93. The Bertz CT molecular complexity index is 527. The van der Waals surface area contributed by atoms with Gasteiger partial charge in [-0.25, -0.2) is 9.61 Å². The van der Waals surface area contributed by atoms with Crippen LogP contribution in [0.25, 0.3) is 0 Å². The lowest BCUT2D eigenvalue weighted by Gasteiger charge is -2.00. The summed E-state index contributed by atoms with van der Waals surface area (Å²) in [5.41, 5.74) is 5.13. The van der Waals surface area contributed by atoms with E-state index in [1.165, 1.54) is 12.1 Å². The molecule has 0 fully saturated rings. The van der Waals surface area contributed by atoms with Crippen LogP contribution in [-0.4, -0.2) is 21.2 Å². The van der Waals surface area contributed by atoms with E-state index in [1.807, 2.05) is 0 Å². The van der Waals surface area contributed by atoms with Crippen molar-refractivity contribution < 1.29 is 13.8 Å². The first kappa shape index (κ1) is 10.0. The molecule has 0 spiro atoms. The Hall–Kier alpha value is -2.51. The Labute approximate surface area is 88.4 Å². The summed E-state index contributed by atoms with van der Waals surface area (Å²) in [6.07, 6.45) is 0. The van der Waals surface area contributed by atoms with E-state index in [0.29, 0.717) is 0 Å². The average Bonchev–Trinajstić information content (AvgIpc) is 2.64. The number of nitrogens with two attached hydrogens (primary N) is 1. The average molecular weight is 223 g/mol. The number of rotatable bonds is 2. The zero-order valence-corrected chi connectivity index (χ0v) is 7.85. The molecular weight excluding hydrogens is 217 g/mol. The summed E-state index contributed by atoms with van der Waals surface area (Å²) < 4.78 is 17.0. The first-order valence-corrected chi connectivity index (χ1v) is 4.19. The van der Waals surface area contributed by atoms with Gasteiger partial charge in [-0.2, -0.15) is 4.39 Å². The second-order valence-electron chi connectivity index (χ2n) is 2.80. The van der Waals surface area contributed by atoms with Crippen LogP contribution in [0.4, 0.5) is 16.0 Å². The van der Waals surface area contributed by atoms with E-state index in [-0.39, 0.29) is 17.3 Å². The number of pyridine rings is 1. The molecule has 2 aromatic rings. The van der Waals surface area contributed by atoms with Crippen LogP contribution >= 0.6 is 0 Å². The van der Waals surface area contributed by atoms with Gasteiger partial charge in [-0.1, -0.05) is 6.07 Å². The number of carbonyl (C=O) groups excluding carboxylic acids is 1. The molecule has 7 nitrogen and oxygen atoms in total. The number of nitrogen functional groups attached to an aromatic ring is 1. The van der Waals surface area contributed by atoms with Gasteiger partial charge in [0.25, 0.3) is 5.91 Å². The monoisotopic (exact) mass is 223 g/mol. The molecule has 0 aliphatic heterocycles. The quantitative estimate of drug-likeness (QED) is 0.715. The van der Waals surface area contributed by atoms with Crippen LogP contribution in [0.3, 0.4) is 0 Å². The number of halogens is 1. The van der Waals surface area contributed by atoms with E-state index >= 15 is 0 Å². The molecule has 16 heavy (non-hydrogen) atoms. The number of carbonyl (C=O) groups is 1. The van der Waals surface area contributed by atoms with Crippen molar-refractivity contribution in [2.24, 2.45) is 0 Å². The molecule has 1 amide bonds. The van der Waals surface area contributed by atoms with Crippen molar-refractivity contribution in [2.75, 3.05) is 11.1 Å². The van der Waals surface area contributed by atoms with E-state index in [9.17, 15) is 9.18 Å². The maximum absolute atomic E-state index is 12.7. The molecule has 2 aromatic heterocycles. The highest BCUT2D eigenvalue weighted by Crippen LogP contribution is 2.09. The fourth-order valence-electron chi connectivity index (χ4n) is 1.01. The van der Waals surface area contributed by atoms with Crippen LogP contribution in [-0.2, 0) is 0 Å². The molecule has 0 unspecified atom stereocenters. The van der Waals surface area contributed by atoms with Gasteiger partial charge < -0.3 is 11.1 Å². The third kappa shape index (κ3) is 1.95. The molecule has 8 heteroatoms. The summed E-state index contributed by atoms with van der Waals surface area (Å²) in [5.74, 6) is -1.47. The zero-order valence-electron chi connectivity index (χ0n) is 7.85. The third-order valence-electron chi connectivity index (χ3n) is 1.69. The molecule has 0 saturated carbocycles. The summed E-state index contributed by atoms with van der Waals surface area (Å²) in [7, 11) is 0. The van der Waals surface area contributed by atoms with Crippen molar-refractivity contribution in [2.45, 2.75) is 0 Å². The van der Waals surface area contributed by atoms with Crippen LogP contribution in [0.15, 0.2) is 22.8 Å². The molecular formula is C8H6FN5O2. The molecule has 0 atom stereocenters. The number of anilines is 2. The maximum Gasteiger partial charge on any atom is 0.282 e. The third-order valence-corrected chi connectivity index (χ3v) is 1.69. The van der Waals surface area contributed by atoms with E-state index < -0.39 is 11.9 Å². The molecule has 0 aliphatic rings. The molecule has 0 saturated heterocycles. The first-order valence-electron chi connectivity index (χ1n) is 4.19. The summed E-state index contributed by atoms with van der Waals surface area (Å²) in [6.45, 7) is 0. The molecule has 0 aromatic carbocycles. The minimum absolute atomic E-state index is 0.0485. The highest BCUT2D eigenvalue weighted by Gasteiger charge is 2.16. The van der Waals surface area contributed by atoms with Gasteiger partial charge in [0.05, 0.1) is 0 Å². The van der Waals surface area contributed by atoms with Gasteiger partial charge in [0.2, 0.25) is 17.5 Å². The first-order chi connectivity index (χ1) is 7.66. The van der Waals surface area contributed by atoms with E-state index in [0.717, 1.165) is 6.07 Å². The zero-order chi connectivity index (χ0) is 11.5. The van der Waals surface area contributed by atoms with Crippen LogP contribution < -0.4 is 11.1 Å². The summed E-state index contributed by atoms with van der Waals surface area (Å²) >= 11 is 0. The van der Waals surface area contributed by atoms with Crippen molar-refractivity contribution in [3.05, 3.63) is 29.8 Å². The standard InChI is InChI=1S/C8H6FN5O2/c9-4-2-1-3-5(11-4)12-8(15)6-7(10)14-16-13-6/h1-3H,(H2,10,14)(H,11,12,15). The van der Waals surface area contributed by atoms with E-state index in [4.69, 9.17) is 5.73 Å². The topological polar surface area (TPSA) is 107 Å². The van der Waals surface area contributed by atoms with E-state index in [1.54, 1.807) is 0 Å². The Balaban J connectivity index is 2.17. The SMILES string of the molecule is Nc1nonc1C(=O)Nc1cccc(F)n1. The number of hydrogen-bond acceptors (Lipinski definition) is 6. The number of nitrogens with one attached hydrogen (secondary N) is 1. The minimum Gasteiger partial charge on any atom is -0.379 e. The normalized spacial score (nSPS) is 10.1. The predicted octanol–water partition coefficient (Wildman–Crippen LogP) is 0.438. The fraction of sp³-hybridized carbons (Fsp3) is 0. The smallest absolute Gasteiger partial charge is 0.282 e. The number of aromatic nitrogens is 3. The molecule has 2 heterocycles. The second-order valence-corrected chi connectivity index (χ2v) is 2.80. The highest BCUT2D eigenvalue weighted by atomic mass is 19.1. The predicted molar refractivity (Wildman–Crippen MR) is 50.9 cm³/mol. The maximum atomic E-state index is 12.7. The molecule has 0 radical (unpaired) electrons. The minimum atomic E-state index is -0.705. The number of amides is 1. The fourth-order valence-corrected chi connectivity index (χ4v) is 1.01. The van der Waals surface area contributed by atoms with Gasteiger partial charge in [0.1, 0.15) is 5.82 Å². The lowest BCUT2D eigenvalue weighted by atomic mass is 10.4. The van der Waals surface area contributed by atoms with Crippen molar-refractivity contribution in [1.82, 2.24) is 15.3 Å². The van der Waals surface area contributed by atoms with Crippen LogP contribution in [0.5, 0.6) is 0 Å². The summed E-state index contributed by atoms with van der Waals surface area (Å²) in [5, 5.41) is 8.82.